The minimum atomic E-state index is -0.877. The number of aromatic hydroxyl groups is 1. The summed E-state index contributed by atoms with van der Waals surface area (Å²) in [6.45, 7) is 7.06. The highest BCUT2D eigenvalue weighted by Gasteiger charge is 2.60. The van der Waals surface area contributed by atoms with Crippen molar-refractivity contribution in [3.05, 3.63) is 59.7 Å². The predicted octanol–water partition coefficient (Wildman–Crippen LogP) is 4.68. The summed E-state index contributed by atoms with van der Waals surface area (Å²) in [6, 6.07) is 9.34. The fourth-order valence-corrected chi connectivity index (χ4v) is 5.96. The SMILES string of the molecule is COc1cc(/C=C/C(=O)CC(=O)/C=C/c2ccc(OC(=O)CCCC(=O)OC[C@H]3O[C@@H]4OC(C)(C)O[C@@H]4[C@H]4OC(C)(C)O[C@H]43)c(OC)c2)ccc1O. The topological polar surface area (TPSA) is 172 Å². The molecule has 1 N–H and O–H groups in total. The Morgan fingerprint density at radius 3 is 1.98 bits per heavy atom. The third-order valence-electron chi connectivity index (χ3n) is 8.31. The Hall–Kier alpha value is -4.60. The number of ether oxygens (including phenoxy) is 9. The van der Waals surface area contributed by atoms with Gasteiger partial charge in [-0.1, -0.05) is 24.3 Å². The molecule has 280 valence electrons. The molecule has 2 aromatic carbocycles. The highest BCUT2D eigenvalue weighted by Crippen LogP contribution is 2.44. The number of rotatable bonds is 15. The molecule has 14 nitrogen and oxygen atoms in total. The van der Waals surface area contributed by atoms with Crippen molar-refractivity contribution in [3.8, 4) is 23.0 Å². The molecular formula is C38H44O14. The van der Waals surface area contributed by atoms with Crippen molar-refractivity contribution in [2.24, 2.45) is 0 Å². The van der Waals surface area contributed by atoms with Crippen LogP contribution in [0.4, 0.5) is 0 Å². The molecule has 5 atom stereocenters. The lowest BCUT2D eigenvalue weighted by Crippen LogP contribution is -2.56. The van der Waals surface area contributed by atoms with Gasteiger partial charge in [0.1, 0.15) is 31.0 Å². The number of carbonyl (C=O) groups excluding carboxylic acids is 4. The minimum Gasteiger partial charge on any atom is -0.504 e. The minimum absolute atomic E-state index is 0.0242. The van der Waals surface area contributed by atoms with Crippen molar-refractivity contribution in [2.75, 3.05) is 20.8 Å². The van der Waals surface area contributed by atoms with Gasteiger partial charge in [0.25, 0.3) is 0 Å². The molecule has 2 aromatic rings. The first kappa shape index (κ1) is 38.6. The molecule has 3 aliphatic heterocycles. The van der Waals surface area contributed by atoms with Crippen molar-refractivity contribution >= 4 is 35.7 Å². The lowest BCUT2D eigenvalue weighted by Gasteiger charge is -2.36. The number of phenolic OH excluding ortho intramolecular Hbond substituents is 1. The van der Waals surface area contributed by atoms with Crippen LogP contribution >= 0.6 is 0 Å². The highest BCUT2D eigenvalue weighted by molar-refractivity contribution is 6.10. The van der Waals surface area contributed by atoms with Gasteiger partial charge in [-0.2, -0.15) is 0 Å². The van der Waals surface area contributed by atoms with Crippen LogP contribution in [0.2, 0.25) is 0 Å². The van der Waals surface area contributed by atoms with Gasteiger partial charge >= 0.3 is 11.9 Å². The van der Waals surface area contributed by atoms with Gasteiger partial charge in [-0.3, -0.25) is 19.2 Å². The molecular weight excluding hydrogens is 680 g/mol. The molecule has 0 bridgehead atoms. The van der Waals surface area contributed by atoms with E-state index in [1.165, 1.54) is 50.7 Å². The molecule has 0 aromatic heterocycles. The van der Waals surface area contributed by atoms with E-state index in [0.29, 0.717) is 11.1 Å². The Labute approximate surface area is 301 Å². The average Bonchev–Trinajstić information content (AvgIpc) is 3.59. The van der Waals surface area contributed by atoms with Crippen LogP contribution in [0.1, 0.15) is 64.5 Å². The van der Waals surface area contributed by atoms with Gasteiger partial charge in [-0.15, -0.1) is 0 Å². The Morgan fingerprint density at radius 2 is 1.31 bits per heavy atom. The van der Waals surface area contributed by atoms with Gasteiger partial charge in [0.2, 0.25) is 0 Å². The quantitative estimate of drug-likeness (QED) is 0.116. The van der Waals surface area contributed by atoms with Gasteiger partial charge in [0.15, 0.2) is 52.4 Å². The molecule has 3 aliphatic rings. The van der Waals surface area contributed by atoms with Crippen LogP contribution in [0, 0.1) is 0 Å². The maximum absolute atomic E-state index is 12.6. The second-order valence-corrected chi connectivity index (χ2v) is 13.3. The van der Waals surface area contributed by atoms with Crippen LogP contribution in [0.15, 0.2) is 48.6 Å². The van der Waals surface area contributed by atoms with E-state index in [9.17, 15) is 24.3 Å². The van der Waals surface area contributed by atoms with Crippen molar-refractivity contribution in [3.63, 3.8) is 0 Å². The maximum Gasteiger partial charge on any atom is 0.311 e. The van der Waals surface area contributed by atoms with E-state index < -0.39 is 65.8 Å². The second-order valence-electron chi connectivity index (χ2n) is 13.3. The Balaban J connectivity index is 1.04. The van der Waals surface area contributed by atoms with Gasteiger partial charge in [0, 0.05) is 12.8 Å². The number of hydrogen-bond donors (Lipinski definition) is 1. The predicted molar refractivity (Wildman–Crippen MR) is 183 cm³/mol. The molecule has 0 saturated carbocycles. The van der Waals surface area contributed by atoms with Crippen molar-refractivity contribution < 1.29 is 66.9 Å². The maximum atomic E-state index is 12.6. The number of ketones is 2. The first-order chi connectivity index (χ1) is 24.6. The van der Waals surface area contributed by atoms with E-state index in [1.807, 2.05) is 0 Å². The van der Waals surface area contributed by atoms with Crippen LogP contribution in [0.25, 0.3) is 12.2 Å². The summed E-state index contributed by atoms with van der Waals surface area (Å²) in [4.78, 5) is 49.8. The van der Waals surface area contributed by atoms with Crippen LogP contribution < -0.4 is 14.2 Å². The number of methoxy groups -OCH3 is 2. The number of benzene rings is 2. The summed E-state index contributed by atoms with van der Waals surface area (Å²) in [5.41, 5.74) is 1.20. The zero-order valence-electron chi connectivity index (χ0n) is 30.0. The summed E-state index contributed by atoms with van der Waals surface area (Å²) in [5.74, 6) is -3.00. The molecule has 0 aliphatic carbocycles. The molecule has 3 saturated heterocycles. The van der Waals surface area contributed by atoms with E-state index in [-0.39, 0.29) is 55.3 Å². The molecule has 0 spiro atoms. The van der Waals surface area contributed by atoms with Crippen molar-refractivity contribution in [1.82, 2.24) is 0 Å². The van der Waals surface area contributed by atoms with Gasteiger partial charge < -0.3 is 47.7 Å². The number of hydrogen-bond acceptors (Lipinski definition) is 14. The van der Waals surface area contributed by atoms with Crippen LogP contribution in [-0.2, 0) is 47.6 Å². The second kappa shape index (κ2) is 16.4. The summed E-state index contributed by atoms with van der Waals surface area (Å²) in [6.07, 6.45) is 2.51. The fourth-order valence-electron chi connectivity index (χ4n) is 5.96. The van der Waals surface area contributed by atoms with E-state index in [2.05, 4.69) is 0 Å². The summed E-state index contributed by atoms with van der Waals surface area (Å²) in [7, 11) is 2.83. The molecule has 0 amide bonds. The third-order valence-corrected chi connectivity index (χ3v) is 8.31. The number of allylic oxidation sites excluding steroid dienone is 2. The molecule has 14 heteroatoms. The lowest BCUT2D eigenvalue weighted by atomic mass is 9.99. The largest absolute Gasteiger partial charge is 0.504 e. The van der Waals surface area contributed by atoms with Crippen molar-refractivity contribution in [2.45, 2.75) is 95.7 Å². The molecule has 3 fully saturated rings. The molecule has 5 rings (SSSR count). The van der Waals surface area contributed by atoms with Crippen LogP contribution in [0.5, 0.6) is 23.0 Å². The molecule has 3 heterocycles. The van der Waals surface area contributed by atoms with E-state index in [1.54, 1.807) is 52.0 Å². The first-order valence-corrected chi connectivity index (χ1v) is 16.8. The molecule has 0 unspecified atom stereocenters. The highest BCUT2D eigenvalue weighted by atomic mass is 16.9. The average molecular weight is 725 g/mol. The first-order valence-electron chi connectivity index (χ1n) is 16.8. The summed E-state index contributed by atoms with van der Waals surface area (Å²) < 4.78 is 51.4. The monoisotopic (exact) mass is 724 g/mol. The van der Waals surface area contributed by atoms with E-state index in [0.717, 1.165) is 0 Å². The Kier molecular flexibility index (Phi) is 12.2. The Bertz CT molecular complexity index is 1710. The number of esters is 2. The normalized spacial score (nSPS) is 24.3. The van der Waals surface area contributed by atoms with E-state index in [4.69, 9.17) is 42.6 Å². The number of carbonyl (C=O) groups is 4. The zero-order chi connectivity index (χ0) is 37.6. The van der Waals surface area contributed by atoms with Gasteiger partial charge in [0.05, 0.1) is 20.6 Å². The fraction of sp³-hybridized carbons (Fsp3) is 0.474. The molecule has 0 radical (unpaired) electrons. The number of phenols is 1. The molecule has 52 heavy (non-hydrogen) atoms. The summed E-state index contributed by atoms with van der Waals surface area (Å²) in [5, 5.41) is 9.69. The van der Waals surface area contributed by atoms with Crippen molar-refractivity contribution in [1.29, 1.82) is 0 Å². The number of fused-ring (bicyclic) bond motifs is 3. The standard InChI is InChI=1S/C38H44O14/c1-37(2)49-33-30(48-36-35(34(33)50-37)51-38(3,4)52-36)21-46-31(42)8-7-9-32(43)47-27-17-13-23(19-29(27)45-6)11-15-25(40)20-24(39)14-10-22-12-16-26(41)28(18-22)44-5/h10-19,30,33-36,41H,7-9,20-21H2,1-6H3/b14-10+,15-11+/t30-,33+,34+,35-,36-/m1/s1. The van der Waals surface area contributed by atoms with Gasteiger partial charge in [-0.25, -0.2) is 0 Å². The third kappa shape index (κ3) is 10.0. The lowest BCUT2D eigenvalue weighted by molar-refractivity contribution is -0.242. The Morgan fingerprint density at radius 1 is 0.731 bits per heavy atom. The van der Waals surface area contributed by atoms with Gasteiger partial charge in [-0.05, 0) is 81.7 Å². The van der Waals surface area contributed by atoms with Crippen LogP contribution in [0.3, 0.4) is 0 Å². The zero-order valence-corrected chi connectivity index (χ0v) is 30.0. The van der Waals surface area contributed by atoms with E-state index >= 15 is 0 Å². The van der Waals surface area contributed by atoms with Crippen LogP contribution in [-0.4, -0.2) is 91.7 Å². The smallest absolute Gasteiger partial charge is 0.311 e. The summed E-state index contributed by atoms with van der Waals surface area (Å²) >= 11 is 0.